The van der Waals surface area contributed by atoms with Gasteiger partial charge in [-0.05, 0) is 31.5 Å². The lowest BCUT2D eigenvalue weighted by Crippen LogP contribution is -2.40. The van der Waals surface area contributed by atoms with Crippen molar-refractivity contribution in [2.75, 3.05) is 6.54 Å². The summed E-state index contributed by atoms with van der Waals surface area (Å²) in [7, 11) is -4.42. The second-order valence-electron chi connectivity index (χ2n) is 4.81. The molecule has 0 heterocycles. The van der Waals surface area contributed by atoms with Gasteiger partial charge in [0.25, 0.3) is 0 Å². The van der Waals surface area contributed by atoms with Crippen molar-refractivity contribution >= 4 is 21.6 Å². The van der Waals surface area contributed by atoms with Crippen LogP contribution in [0.5, 0.6) is 0 Å². The number of halogens is 4. The van der Waals surface area contributed by atoms with Gasteiger partial charge in [-0.25, -0.2) is 13.1 Å². The Morgan fingerprint density at radius 2 is 1.90 bits per heavy atom. The maximum atomic E-state index is 12.9. The molecule has 1 rings (SSSR count). The van der Waals surface area contributed by atoms with Crippen LogP contribution in [-0.4, -0.2) is 25.7 Å². The predicted molar refractivity (Wildman–Crippen MR) is 72.6 cm³/mol. The Morgan fingerprint density at radius 3 is 2.38 bits per heavy atom. The summed E-state index contributed by atoms with van der Waals surface area (Å²) >= 11 is 5.49. The van der Waals surface area contributed by atoms with Crippen molar-refractivity contribution in [3.8, 4) is 0 Å². The quantitative estimate of drug-likeness (QED) is 0.862. The number of sulfonamides is 1. The van der Waals surface area contributed by atoms with Crippen molar-refractivity contribution in [1.29, 1.82) is 0 Å². The van der Waals surface area contributed by atoms with Gasteiger partial charge in [0, 0.05) is 11.6 Å². The Labute approximate surface area is 126 Å². The van der Waals surface area contributed by atoms with Crippen molar-refractivity contribution in [3.63, 3.8) is 0 Å². The lowest BCUT2D eigenvalue weighted by atomic mass is 10.1. The Bertz CT molecular complexity index is 615. The third kappa shape index (κ3) is 4.84. The van der Waals surface area contributed by atoms with E-state index in [2.05, 4.69) is 0 Å². The molecule has 0 amide bonds. The highest BCUT2D eigenvalue weighted by molar-refractivity contribution is 7.89. The van der Waals surface area contributed by atoms with Crippen LogP contribution in [0, 0.1) is 0 Å². The highest BCUT2D eigenvalue weighted by Gasteiger charge is 2.37. The molecule has 1 aromatic rings. The first kappa shape index (κ1) is 18.2. The van der Waals surface area contributed by atoms with Crippen molar-refractivity contribution in [3.05, 3.63) is 28.8 Å². The molecule has 9 heteroatoms. The summed E-state index contributed by atoms with van der Waals surface area (Å²) in [5.41, 5.74) is -2.70. The molecule has 2 N–H and O–H groups in total. The van der Waals surface area contributed by atoms with E-state index in [1.165, 1.54) is 6.92 Å². The molecule has 4 nitrogen and oxygen atoms in total. The Balaban J connectivity index is 3.21. The fourth-order valence-corrected chi connectivity index (χ4v) is 2.95. The monoisotopic (exact) mass is 345 g/mol. The zero-order chi connectivity index (χ0) is 16.5. The molecular formula is C12H15ClF3NO3S. The van der Waals surface area contributed by atoms with E-state index in [0.29, 0.717) is 6.07 Å². The second-order valence-corrected chi connectivity index (χ2v) is 6.99. The maximum absolute atomic E-state index is 12.9. The van der Waals surface area contributed by atoms with E-state index in [1.54, 1.807) is 6.92 Å². The molecule has 0 fully saturated rings. The molecule has 0 aliphatic carbocycles. The minimum Gasteiger partial charge on any atom is -0.389 e. The number of nitrogens with one attached hydrogen (secondary N) is 1. The molecule has 1 aromatic carbocycles. The summed E-state index contributed by atoms with van der Waals surface area (Å²) in [6, 6.07) is 2.39. The number of hydrogen-bond acceptors (Lipinski definition) is 3. The zero-order valence-electron chi connectivity index (χ0n) is 11.3. The number of hydrogen-bond donors (Lipinski definition) is 2. The third-order valence-corrected chi connectivity index (χ3v) is 4.64. The van der Waals surface area contributed by atoms with E-state index in [9.17, 15) is 26.7 Å². The van der Waals surface area contributed by atoms with Crippen LogP contribution in [0.3, 0.4) is 0 Å². The maximum Gasteiger partial charge on any atom is 0.417 e. The van der Waals surface area contributed by atoms with Gasteiger partial charge in [0.1, 0.15) is 0 Å². The molecule has 120 valence electrons. The Kier molecular flexibility index (Phi) is 5.31. The fraction of sp³-hybridized carbons (Fsp3) is 0.500. The van der Waals surface area contributed by atoms with Crippen LogP contribution in [0.25, 0.3) is 0 Å². The SMILES string of the molecule is CCC(C)(O)CNS(=O)(=O)c1ccc(Cl)cc1C(F)(F)F. The Morgan fingerprint density at radius 1 is 1.33 bits per heavy atom. The van der Waals surface area contributed by atoms with Crippen LogP contribution < -0.4 is 4.72 Å². The molecule has 21 heavy (non-hydrogen) atoms. The normalized spacial score (nSPS) is 15.8. The Hall–Kier alpha value is -0.830. The molecule has 0 saturated heterocycles. The predicted octanol–water partition coefficient (Wildman–Crippen LogP) is 2.80. The molecule has 0 radical (unpaired) electrons. The molecule has 0 aliphatic rings. The molecule has 1 atom stereocenters. The standard InChI is InChI=1S/C12H15ClF3NO3S/c1-3-11(2,18)7-17-21(19,20)10-5-4-8(13)6-9(10)12(14,15)16/h4-6,17-18H,3,7H2,1-2H3. The van der Waals surface area contributed by atoms with Crippen LogP contribution in [0.1, 0.15) is 25.8 Å². The first-order chi connectivity index (χ1) is 9.39. The molecule has 0 bridgehead atoms. The van der Waals surface area contributed by atoms with Gasteiger partial charge in [-0.1, -0.05) is 18.5 Å². The summed E-state index contributed by atoms with van der Waals surface area (Å²) in [5, 5.41) is 9.52. The van der Waals surface area contributed by atoms with Crippen LogP contribution in [-0.2, 0) is 16.2 Å². The van der Waals surface area contributed by atoms with Gasteiger partial charge in [0.2, 0.25) is 10.0 Å². The third-order valence-electron chi connectivity index (χ3n) is 2.94. The summed E-state index contributed by atoms with van der Waals surface area (Å²) < 4.78 is 64.7. The van der Waals surface area contributed by atoms with Crippen LogP contribution in [0.4, 0.5) is 13.2 Å². The van der Waals surface area contributed by atoms with Gasteiger partial charge in [-0.3, -0.25) is 0 Å². The van der Waals surface area contributed by atoms with Gasteiger partial charge in [-0.15, -0.1) is 0 Å². The molecule has 0 aliphatic heterocycles. The number of rotatable bonds is 5. The second kappa shape index (κ2) is 6.12. The summed E-state index contributed by atoms with van der Waals surface area (Å²) in [6.07, 6.45) is -4.62. The van der Waals surface area contributed by atoms with Crippen molar-refractivity contribution < 1.29 is 26.7 Å². The largest absolute Gasteiger partial charge is 0.417 e. The average molecular weight is 346 g/mol. The van der Waals surface area contributed by atoms with Gasteiger partial charge >= 0.3 is 6.18 Å². The molecule has 0 aromatic heterocycles. The molecule has 0 saturated carbocycles. The van der Waals surface area contributed by atoms with E-state index in [-0.39, 0.29) is 11.4 Å². The highest BCUT2D eigenvalue weighted by atomic mass is 35.5. The van der Waals surface area contributed by atoms with E-state index in [1.807, 2.05) is 4.72 Å². The van der Waals surface area contributed by atoms with E-state index < -0.39 is 38.8 Å². The summed E-state index contributed by atoms with van der Waals surface area (Å²) in [6.45, 7) is 2.60. The van der Waals surface area contributed by atoms with Gasteiger partial charge in [0.05, 0.1) is 16.1 Å². The summed E-state index contributed by atoms with van der Waals surface area (Å²) in [5.74, 6) is 0. The zero-order valence-corrected chi connectivity index (χ0v) is 12.9. The van der Waals surface area contributed by atoms with Gasteiger partial charge in [0.15, 0.2) is 0 Å². The average Bonchev–Trinajstić information content (AvgIpc) is 2.35. The van der Waals surface area contributed by atoms with Crippen molar-refractivity contribution in [2.24, 2.45) is 0 Å². The van der Waals surface area contributed by atoms with Crippen molar-refractivity contribution in [1.82, 2.24) is 4.72 Å². The molecular weight excluding hydrogens is 331 g/mol. The fourth-order valence-electron chi connectivity index (χ4n) is 1.41. The highest BCUT2D eigenvalue weighted by Crippen LogP contribution is 2.35. The smallest absolute Gasteiger partial charge is 0.389 e. The van der Waals surface area contributed by atoms with Crippen LogP contribution >= 0.6 is 11.6 Å². The van der Waals surface area contributed by atoms with E-state index in [4.69, 9.17) is 11.6 Å². The molecule has 1 unspecified atom stereocenters. The number of alkyl halides is 3. The summed E-state index contributed by atoms with van der Waals surface area (Å²) in [4.78, 5) is -0.925. The molecule has 0 spiro atoms. The lowest BCUT2D eigenvalue weighted by molar-refractivity contribution is -0.139. The van der Waals surface area contributed by atoms with Gasteiger partial charge in [-0.2, -0.15) is 13.2 Å². The van der Waals surface area contributed by atoms with Crippen LogP contribution in [0.2, 0.25) is 5.02 Å². The minimum absolute atomic E-state index is 0.221. The number of benzene rings is 1. The topological polar surface area (TPSA) is 66.4 Å². The number of aliphatic hydroxyl groups is 1. The van der Waals surface area contributed by atoms with E-state index >= 15 is 0 Å². The van der Waals surface area contributed by atoms with Crippen molar-refractivity contribution in [2.45, 2.75) is 36.9 Å². The van der Waals surface area contributed by atoms with Gasteiger partial charge < -0.3 is 5.11 Å². The first-order valence-electron chi connectivity index (χ1n) is 5.98. The lowest BCUT2D eigenvalue weighted by Gasteiger charge is -2.22. The van der Waals surface area contributed by atoms with Crippen LogP contribution in [0.15, 0.2) is 23.1 Å². The first-order valence-corrected chi connectivity index (χ1v) is 7.84. The van der Waals surface area contributed by atoms with E-state index in [0.717, 1.165) is 12.1 Å². The minimum atomic E-state index is -4.86.